The van der Waals surface area contributed by atoms with Gasteiger partial charge in [0.15, 0.2) is 0 Å². The Morgan fingerprint density at radius 3 is 2.60 bits per heavy atom. The molecule has 114 valence electrons. The first-order chi connectivity index (χ1) is 9.49. The van der Waals surface area contributed by atoms with Crippen molar-refractivity contribution in [2.45, 2.75) is 44.6 Å². The van der Waals surface area contributed by atoms with Crippen molar-refractivity contribution >= 4 is 34.0 Å². The zero-order chi connectivity index (χ0) is 15.1. The molecule has 1 N–H and O–H groups in total. The summed E-state index contributed by atoms with van der Waals surface area (Å²) in [6.45, 7) is 7.41. The van der Waals surface area contributed by atoms with Gasteiger partial charge in [-0.25, -0.2) is 0 Å². The zero-order valence-electron chi connectivity index (χ0n) is 12.3. The second-order valence-corrected chi connectivity index (χ2v) is 7.34. The smallest absolute Gasteiger partial charge is 0.0589 e. The molecular formula is C15H23Cl2NOS. The summed E-state index contributed by atoms with van der Waals surface area (Å²) in [7, 11) is -1.14. The maximum atomic E-state index is 12.5. The van der Waals surface area contributed by atoms with Crippen LogP contribution in [0.2, 0.25) is 10.0 Å². The topological polar surface area (TPSA) is 29.1 Å². The van der Waals surface area contributed by atoms with Crippen molar-refractivity contribution in [1.29, 1.82) is 0 Å². The van der Waals surface area contributed by atoms with Crippen molar-refractivity contribution in [1.82, 2.24) is 5.32 Å². The maximum absolute atomic E-state index is 12.5. The number of rotatable bonds is 8. The third kappa shape index (κ3) is 5.36. The number of halogens is 2. The SMILES string of the molecule is CCCNC(CS(=O)c1cc(Cl)ccc1Cl)C(C)CC. The van der Waals surface area contributed by atoms with Crippen LogP contribution in [0.3, 0.4) is 0 Å². The monoisotopic (exact) mass is 335 g/mol. The molecule has 0 bridgehead atoms. The molecule has 0 amide bonds. The molecule has 0 fully saturated rings. The van der Waals surface area contributed by atoms with Gasteiger partial charge in [0.05, 0.1) is 20.7 Å². The number of benzene rings is 1. The van der Waals surface area contributed by atoms with Crippen molar-refractivity contribution in [3.05, 3.63) is 28.2 Å². The second kappa shape index (κ2) is 9.04. The van der Waals surface area contributed by atoms with E-state index in [2.05, 4.69) is 26.1 Å². The average molecular weight is 336 g/mol. The van der Waals surface area contributed by atoms with Crippen LogP contribution in [0.4, 0.5) is 0 Å². The van der Waals surface area contributed by atoms with E-state index in [0.29, 0.717) is 26.6 Å². The Labute approximate surface area is 134 Å². The van der Waals surface area contributed by atoms with Crippen molar-refractivity contribution in [3.63, 3.8) is 0 Å². The number of hydrogen-bond donors (Lipinski definition) is 1. The molecule has 3 atom stereocenters. The van der Waals surface area contributed by atoms with E-state index in [9.17, 15) is 4.21 Å². The van der Waals surface area contributed by atoms with E-state index in [1.165, 1.54) is 0 Å². The lowest BCUT2D eigenvalue weighted by Crippen LogP contribution is -2.39. The summed E-state index contributed by atoms with van der Waals surface area (Å²) in [5.74, 6) is 1.04. The molecule has 2 nitrogen and oxygen atoms in total. The van der Waals surface area contributed by atoms with Crippen molar-refractivity contribution in [3.8, 4) is 0 Å². The van der Waals surface area contributed by atoms with Gasteiger partial charge in [-0.2, -0.15) is 0 Å². The van der Waals surface area contributed by atoms with Gasteiger partial charge in [-0.05, 0) is 37.1 Å². The standard InChI is InChI=1S/C15H23Cl2NOS/c1-4-8-18-14(11(3)5-2)10-20(19)15-9-12(16)6-7-13(15)17/h6-7,9,11,14,18H,4-5,8,10H2,1-3H3. The average Bonchev–Trinajstić information content (AvgIpc) is 2.44. The van der Waals surface area contributed by atoms with Crippen molar-refractivity contribution in [2.75, 3.05) is 12.3 Å². The van der Waals surface area contributed by atoms with Crippen LogP contribution in [0.15, 0.2) is 23.1 Å². The Morgan fingerprint density at radius 1 is 1.30 bits per heavy atom. The van der Waals surface area contributed by atoms with Crippen LogP contribution >= 0.6 is 23.2 Å². The quantitative estimate of drug-likeness (QED) is 0.756. The van der Waals surface area contributed by atoms with Crippen LogP contribution in [0.25, 0.3) is 0 Å². The van der Waals surface area contributed by atoms with Gasteiger partial charge in [0.25, 0.3) is 0 Å². The zero-order valence-corrected chi connectivity index (χ0v) is 14.6. The molecule has 0 aliphatic heterocycles. The fraction of sp³-hybridized carbons (Fsp3) is 0.600. The molecule has 20 heavy (non-hydrogen) atoms. The Morgan fingerprint density at radius 2 is 2.00 bits per heavy atom. The van der Waals surface area contributed by atoms with E-state index in [0.717, 1.165) is 19.4 Å². The van der Waals surface area contributed by atoms with Gasteiger partial charge in [0, 0.05) is 16.8 Å². The number of nitrogens with one attached hydrogen (secondary N) is 1. The molecule has 0 heterocycles. The van der Waals surface area contributed by atoms with Crippen LogP contribution in [0, 0.1) is 5.92 Å². The van der Waals surface area contributed by atoms with Crippen molar-refractivity contribution < 1.29 is 4.21 Å². The largest absolute Gasteiger partial charge is 0.313 e. The van der Waals surface area contributed by atoms with E-state index < -0.39 is 10.8 Å². The third-order valence-electron chi connectivity index (χ3n) is 3.46. The molecule has 5 heteroatoms. The highest BCUT2D eigenvalue weighted by molar-refractivity contribution is 7.85. The molecule has 0 aromatic heterocycles. The maximum Gasteiger partial charge on any atom is 0.0589 e. The highest BCUT2D eigenvalue weighted by Crippen LogP contribution is 2.25. The Bertz CT molecular complexity index is 453. The summed E-state index contributed by atoms with van der Waals surface area (Å²) in [5.41, 5.74) is 0. The normalized spacial score (nSPS) is 15.8. The highest BCUT2D eigenvalue weighted by Gasteiger charge is 2.20. The van der Waals surface area contributed by atoms with E-state index in [1.54, 1.807) is 18.2 Å². The molecule has 0 aliphatic rings. The van der Waals surface area contributed by atoms with Gasteiger partial charge < -0.3 is 5.32 Å². The van der Waals surface area contributed by atoms with Crippen LogP contribution in [0.1, 0.15) is 33.6 Å². The fourth-order valence-corrected chi connectivity index (χ4v) is 4.05. The molecular weight excluding hydrogens is 313 g/mol. The fourth-order valence-electron chi connectivity index (χ4n) is 1.94. The van der Waals surface area contributed by atoms with Crippen LogP contribution in [-0.4, -0.2) is 22.5 Å². The van der Waals surface area contributed by atoms with E-state index in [4.69, 9.17) is 23.2 Å². The molecule has 1 aromatic carbocycles. The molecule has 1 rings (SSSR count). The van der Waals surface area contributed by atoms with Crippen LogP contribution < -0.4 is 5.32 Å². The van der Waals surface area contributed by atoms with Gasteiger partial charge in [0.2, 0.25) is 0 Å². The summed E-state index contributed by atoms with van der Waals surface area (Å²) >= 11 is 12.1. The first kappa shape index (κ1) is 18.0. The molecule has 3 unspecified atom stereocenters. The van der Waals surface area contributed by atoms with Crippen LogP contribution in [0.5, 0.6) is 0 Å². The number of hydrogen-bond acceptors (Lipinski definition) is 2. The minimum atomic E-state index is -1.14. The Balaban J connectivity index is 2.81. The lowest BCUT2D eigenvalue weighted by molar-refractivity contribution is 0.394. The van der Waals surface area contributed by atoms with Gasteiger partial charge in [-0.3, -0.25) is 4.21 Å². The molecule has 0 radical (unpaired) electrons. The van der Waals surface area contributed by atoms with Gasteiger partial charge in [-0.1, -0.05) is 50.4 Å². The lowest BCUT2D eigenvalue weighted by Gasteiger charge is -2.24. The van der Waals surface area contributed by atoms with Gasteiger partial charge >= 0.3 is 0 Å². The molecule has 1 aromatic rings. The van der Waals surface area contributed by atoms with Gasteiger partial charge in [0.1, 0.15) is 0 Å². The third-order valence-corrected chi connectivity index (χ3v) is 5.62. The van der Waals surface area contributed by atoms with E-state index >= 15 is 0 Å². The first-order valence-corrected chi connectivity index (χ1v) is 9.13. The Kier molecular flexibility index (Phi) is 8.11. The predicted octanol–water partition coefficient (Wildman–Crippen LogP) is 4.52. The summed E-state index contributed by atoms with van der Waals surface area (Å²) in [5, 5.41) is 4.57. The molecule has 0 saturated heterocycles. The summed E-state index contributed by atoms with van der Waals surface area (Å²) in [6, 6.07) is 5.35. The minimum absolute atomic E-state index is 0.232. The minimum Gasteiger partial charge on any atom is -0.313 e. The van der Waals surface area contributed by atoms with Gasteiger partial charge in [-0.15, -0.1) is 0 Å². The molecule has 0 saturated carbocycles. The Hall–Kier alpha value is -0.0900. The van der Waals surface area contributed by atoms with Crippen LogP contribution in [-0.2, 0) is 10.8 Å². The summed E-state index contributed by atoms with van der Waals surface area (Å²) < 4.78 is 12.5. The summed E-state index contributed by atoms with van der Waals surface area (Å²) in [6.07, 6.45) is 2.12. The lowest BCUT2D eigenvalue weighted by atomic mass is 10.0. The highest BCUT2D eigenvalue weighted by atomic mass is 35.5. The van der Waals surface area contributed by atoms with E-state index in [1.807, 2.05) is 0 Å². The first-order valence-electron chi connectivity index (χ1n) is 7.06. The molecule has 0 aliphatic carbocycles. The molecule has 0 spiro atoms. The van der Waals surface area contributed by atoms with E-state index in [-0.39, 0.29) is 6.04 Å². The predicted molar refractivity (Wildman–Crippen MR) is 89.3 cm³/mol. The van der Waals surface area contributed by atoms with Crippen molar-refractivity contribution in [2.24, 2.45) is 5.92 Å². The summed E-state index contributed by atoms with van der Waals surface area (Å²) in [4.78, 5) is 0.630. The second-order valence-electron chi connectivity index (χ2n) is 5.03.